The average Bonchev–Trinajstić information content (AvgIpc) is 3.47. The molecule has 1 aliphatic heterocycles. The predicted octanol–water partition coefficient (Wildman–Crippen LogP) is 5.14. The first-order valence-corrected chi connectivity index (χ1v) is 12.3. The number of ether oxygens (including phenoxy) is 2. The summed E-state index contributed by atoms with van der Waals surface area (Å²) in [6.45, 7) is 1.27. The number of carbonyl (C=O) groups is 1. The minimum atomic E-state index is -0.220. The summed E-state index contributed by atoms with van der Waals surface area (Å²) in [4.78, 5) is 21.4. The molecule has 1 unspecified atom stereocenters. The third-order valence-corrected chi connectivity index (χ3v) is 6.96. The van der Waals surface area contributed by atoms with Crippen LogP contribution in [0.2, 0.25) is 0 Å². The molecule has 1 atom stereocenters. The summed E-state index contributed by atoms with van der Waals surface area (Å²) in [5.41, 5.74) is 1.29. The van der Waals surface area contributed by atoms with Crippen LogP contribution in [0.15, 0.2) is 36.5 Å². The minimum absolute atomic E-state index is 0.0991. The van der Waals surface area contributed by atoms with E-state index in [2.05, 4.69) is 15.6 Å². The molecular weight excluding hydrogens is 424 g/mol. The number of thiazole rings is 1. The molecule has 0 radical (unpaired) electrons. The second-order valence-corrected chi connectivity index (χ2v) is 9.48. The van der Waals surface area contributed by atoms with Gasteiger partial charge in [0.15, 0.2) is 5.13 Å². The SMILES string of the molecule is O=C(NCC1CCCO1)c1cc(Oc2ccc3nc(NC4CCCCC4)sc3c2)ccn1. The highest BCUT2D eigenvalue weighted by Gasteiger charge is 2.18. The van der Waals surface area contributed by atoms with Gasteiger partial charge in [0.05, 0.1) is 16.3 Å². The number of aromatic nitrogens is 2. The highest BCUT2D eigenvalue weighted by atomic mass is 32.1. The number of hydrogen-bond donors (Lipinski definition) is 2. The highest BCUT2D eigenvalue weighted by Crippen LogP contribution is 2.32. The van der Waals surface area contributed by atoms with Crippen molar-refractivity contribution in [3.63, 3.8) is 0 Å². The third-order valence-electron chi connectivity index (χ3n) is 6.01. The van der Waals surface area contributed by atoms with E-state index < -0.39 is 0 Å². The molecule has 1 saturated heterocycles. The van der Waals surface area contributed by atoms with Crippen LogP contribution < -0.4 is 15.4 Å². The van der Waals surface area contributed by atoms with Gasteiger partial charge in [-0.25, -0.2) is 4.98 Å². The van der Waals surface area contributed by atoms with Crippen LogP contribution in [-0.2, 0) is 4.74 Å². The number of rotatable bonds is 7. The zero-order valence-electron chi connectivity index (χ0n) is 18.0. The first-order valence-electron chi connectivity index (χ1n) is 11.4. The molecule has 1 aliphatic carbocycles. The molecule has 168 valence electrons. The predicted molar refractivity (Wildman–Crippen MR) is 126 cm³/mol. The summed E-state index contributed by atoms with van der Waals surface area (Å²) < 4.78 is 12.7. The zero-order chi connectivity index (χ0) is 21.8. The van der Waals surface area contributed by atoms with Crippen molar-refractivity contribution < 1.29 is 14.3 Å². The molecule has 8 heteroatoms. The lowest BCUT2D eigenvalue weighted by molar-refractivity contribution is 0.0853. The molecule has 1 saturated carbocycles. The minimum Gasteiger partial charge on any atom is -0.457 e. The summed E-state index contributed by atoms with van der Waals surface area (Å²) >= 11 is 1.65. The fourth-order valence-electron chi connectivity index (χ4n) is 4.29. The Morgan fingerprint density at radius 2 is 1.97 bits per heavy atom. The van der Waals surface area contributed by atoms with Gasteiger partial charge in [-0.3, -0.25) is 9.78 Å². The van der Waals surface area contributed by atoms with Crippen molar-refractivity contribution in [3.8, 4) is 11.5 Å². The molecule has 0 bridgehead atoms. The van der Waals surface area contributed by atoms with Crippen molar-refractivity contribution >= 4 is 32.6 Å². The summed E-state index contributed by atoms with van der Waals surface area (Å²) in [7, 11) is 0. The van der Waals surface area contributed by atoms with Gasteiger partial charge in [-0.2, -0.15) is 0 Å². The van der Waals surface area contributed by atoms with Gasteiger partial charge >= 0.3 is 0 Å². The topological polar surface area (TPSA) is 85.4 Å². The number of fused-ring (bicyclic) bond motifs is 1. The Hall–Kier alpha value is -2.71. The second-order valence-electron chi connectivity index (χ2n) is 8.45. The molecule has 5 rings (SSSR count). The van der Waals surface area contributed by atoms with Gasteiger partial charge in [0, 0.05) is 37.5 Å². The summed E-state index contributed by atoms with van der Waals surface area (Å²) in [6, 6.07) is 9.83. The van der Waals surface area contributed by atoms with E-state index in [1.165, 1.54) is 32.1 Å². The standard InChI is InChI=1S/C24H28N4O3S/c29-23(26-15-19-7-4-12-30-19)21-13-18(10-11-25-21)31-17-8-9-20-22(14-17)32-24(28-20)27-16-5-2-1-3-6-16/h8-11,13-14,16,19H,1-7,12,15H2,(H,26,29)(H,27,28). The molecule has 1 aromatic carbocycles. The molecule has 7 nitrogen and oxygen atoms in total. The quantitative estimate of drug-likeness (QED) is 0.516. The molecular formula is C24H28N4O3S. The van der Waals surface area contributed by atoms with E-state index in [1.807, 2.05) is 18.2 Å². The number of anilines is 1. The van der Waals surface area contributed by atoms with Gasteiger partial charge in [-0.1, -0.05) is 30.6 Å². The fraction of sp³-hybridized carbons (Fsp3) is 0.458. The number of carbonyl (C=O) groups excluding carboxylic acids is 1. The van der Waals surface area contributed by atoms with E-state index in [0.29, 0.717) is 29.8 Å². The van der Waals surface area contributed by atoms with Crippen LogP contribution in [0.3, 0.4) is 0 Å². The lowest BCUT2D eigenvalue weighted by atomic mass is 9.96. The van der Waals surface area contributed by atoms with E-state index in [1.54, 1.807) is 29.7 Å². The first-order chi connectivity index (χ1) is 15.7. The fourth-order valence-corrected chi connectivity index (χ4v) is 5.26. The van der Waals surface area contributed by atoms with Crippen LogP contribution in [-0.4, -0.2) is 41.2 Å². The maximum absolute atomic E-state index is 12.4. The van der Waals surface area contributed by atoms with Gasteiger partial charge in [0.1, 0.15) is 17.2 Å². The molecule has 32 heavy (non-hydrogen) atoms. The van der Waals surface area contributed by atoms with Gasteiger partial charge < -0.3 is 20.1 Å². The molecule has 2 aromatic heterocycles. The van der Waals surface area contributed by atoms with Crippen molar-refractivity contribution in [3.05, 3.63) is 42.2 Å². The smallest absolute Gasteiger partial charge is 0.270 e. The van der Waals surface area contributed by atoms with E-state index in [0.717, 1.165) is 34.8 Å². The summed E-state index contributed by atoms with van der Waals surface area (Å²) in [5.74, 6) is 1.07. The molecule has 2 fully saturated rings. The van der Waals surface area contributed by atoms with Crippen LogP contribution in [0.4, 0.5) is 5.13 Å². The molecule has 3 heterocycles. The summed E-state index contributed by atoms with van der Waals surface area (Å²) in [6.07, 6.45) is 10.1. The van der Waals surface area contributed by atoms with Gasteiger partial charge in [-0.15, -0.1) is 0 Å². The number of benzene rings is 1. The third kappa shape index (κ3) is 5.19. The molecule has 2 aliphatic rings. The van der Waals surface area contributed by atoms with E-state index in [-0.39, 0.29) is 12.0 Å². The normalized spacial score (nSPS) is 19.2. The number of amides is 1. The monoisotopic (exact) mass is 452 g/mol. The molecule has 0 spiro atoms. The van der Waals surface area contributed by atoms with Crippen LogP contribution in [0.1, 0.15) is 55.4 Å². The number of nitrogens with one attached hydrogen (secondary N) is 2. The Balaban J connectivity index is 1.23. The lowest BCUT2D eigenvalue weighted by Crippen LogP contribution is -2.32. The first kappa shape index (κ1) is 21.2. The van der Waals surface area contributed by atoms with Crippen molar-refractivity contribution in [1.82, 2.24) is 15.3 Å². The van der Waals surface area contributed by atoms with Gasteiger partial charge in [0.25, 0.3) is 5.91 Å². The maximum atomic E-state index is 12.4. The van der Waals surface area contributed by atoms with Gasteiger partial charge in [-0.05, 0) is 43.9 Å². The zero-order valence-corrected chi connectivity index (χ0v) is 18.8. The van der Waals surface area contributed by atoms with Crippen molar-refractivity contribution in [2.75, 3.05) is 18.5 Å². The Labute approximate surface area is 191 Å². The van der Waals surface area contributed by atoms with Gasteiger partial charge in [0.2, 0.25) is 0 Å². The highest BCUT2D eigenvalue weighted by molar-refractivity contribution is 7.22. The summed E-state index contributed by atoms with van der Waals surface area (Å²) in [5, 5.41) is 7.46. The van der Waals surface area contributed by atoms with Crippen LogP contribution in [0, 0.1) is 0 Å². The number of pyridine rings is 1. The average molecular weight is 453 g/mol. The molecule has 3 aromatic rings. The Kier molecular flexibility index (Phi) is 6.50. The number of nitrogens with zero attached hydrogens (tertiary/aromatic N) is 2. The second kappa shape index (κ2) is 9.83. The van der Waals surface area contributed by atoms with E-state index in [4.69, 9.17) is 14.5 Å². The van der Waals surface area contributed by atoms with Crippen LogP contribution >= 0.6 is 11.3 Å². The lowest BCUT2D eigenvalue weighted by Gasteiger charge is -2.22. The maximum Gasteiger partial charge on any atom is 0.270 e. The van der Waals surface area contributed by atoms with Crippen molar-refractivity contribution in [2.24, 2.45) is 0 Å². The Morgan fingerprint density at radius 3 is 2.81 bits per heavy atom. The number of hydrogen-bond acceptors (Lipinski definition) is 7. The Morgan fingerprint density at radius 1 is 1.09 bits per heavy atom. The van der Waals surface area contributed by atoms with Crippen LogP contribution in [0.25, 0.3) is 10.2 Å². The van der Waals surface area contributed by atoms with Crippen LogP contribution in [0.5, 0.6) is 11.5 Å². The molecule has 2 N–H and O–H groups in total. The Bertz CT molecular complexity index is 1070. The van der Waals surface area contributed by atoms with Crippen molar-refractivity contribution in [2.45, 2.75) is 57.1 Å². The molecule has 1 amide bonds. The van der Waals surface area contributed by atoms with Crippen molar-refractivity contribution in [1.29, 1.82) is 0 Å². The van der Waals surface area contributed by atoms with E-state index >= 15 is 0 Å². The van der Waals surface area contributed by atoms with E-state index in [9.17, 15) is 4.79 Å². The largest absolute Gasteiger partial charge is 0.457 e.